The molecule has 5 rings (SSSR count). The van der Waals surface area contributed by atoms with Crippen LogP contribution in [-0.4, -0.2) is 0 Å². The molecule has 0 aliphatic rings. The van der Waals surface area contributed by atoms with Gasteiger partial charge in [0.1, 0.15) is 18.2 Å². The van der Waals surface area contributed by atoms with E-state index in [4.69, 9.17) is 11.0 Å². The number of furan rings is 1. The molecule has 0 saturated carbocycles. The Hall–Kier alpha value is -3.90. The van der Waals surface area contributed by atoms with Crippen molar-refractivity contribution in [3.05, 3.63) is 95.5 Å². The summed E-state index contributed by atoms with van der Waals surface area (Å²) in [4.78, 5) is 3.74. The molecule has 3 aromatic carbocycles. The molecule has 0 bridgehead atoms. The molecule has 0 radical (unpaired) electrons. The van der Waals surface area contributed by atoms with E-state index in [1.807, 2.05) is 37.5 Å². The van der Waals surface area contributed by atoms with Crippen molar-refractivity contribution in [3.63, 3.8) is 0 Å². The monoisotopic (exact) mass is 389 g/mol. The number of pyridine rings is 1. The lowest BCUT2D eigenvalue weighted by Gasteiger charge is -2.07. The van der Waals surface area contributed by atoms with Crippen LogP contribution in [0.5, 0.6) is 0 Å². The van der Waals surface area contributed by atoms with Gasteiger partial charge in [0.2, 0.25) is 11.4 Å². The summed E-state index contributed by atoms with van der Waals surface area (Å²) in [5.41, 5.74) is 8.75. The van der Waals surface area contributed by atoms with Gasteiger partial charge in [-0.2, -0.15) is 0 Å². The van der Waals surface area contributed by atoms with Gasteiger partial charge in [-0.05, 0) is 36.6 Å². The Kier molecular flexibility index (Phi) is 4.15. The van der Waals surface area contributed by atoms with Gasteiger partial charge in [-0.15, -0.1) is 0 Å². The minimum atomic E-state index is 0.540. The normalized spacial score (nSPS) is 11.1. The Morgan fingerprint density at radius 1 is 0.867 bits per heavy atom. The molecule has 3 nitrogen and oxygen atoms in total. The van der Waals surface area contributed by atoms with Gasteiger partial charge in [-0.3, -0.25) is 0 Å². The topological polar surface area (TPSA) is 21.4 Å². The van der Waals surface area contributed by atoms with Crippen LogP contribution >= 0.6 is 0 Å². The second-order valence-corrected chi connectivity index (χ2v) is 7.75. The van der Waals surface area contributed by atoms with Gasteiger partial charge in [0.25, 0.3) is 0 Å². The summed E-state index contributed by atoms with van der Waals surface area (Å²) in [6.45, 7) is 11.8. The van der Waals surface area contributed by atoms with Crippen molar-refractivity contribution < 1.29 is 8.98 Å². The van der Waals surface area contributed by atoms with Crippen molar-refractivity contribution in [3.8, 4) is 22.4 Å². The van der Waals surface area contributed by atoms with Gasteiger partial charge < -0.3 is 4.42 Å². The quantitative estimate of drug-likeness (QED) is 0.237. The second kappa shape index (κ2) is 6.86. The third kappa shape index (κ3) is 2.69. The SMILES string of the molecule is [C-]#[N+]c1ccc(-c2ccc(C)cc2)c2c1oc1c(-c3cccc[n+]3C)c(C)ccc12. The maximum atomic E-state index is 7.66. The van der Waals surface area contributed by atoms with E-state index in [0.29, 0.717) is 11.3 Å². The highest BCUT2D eigenvalue weighted by Crippen LogP contribution is 2.44. The molecule has 0 aliphatic carbocycles. The highest BCUT2D eigenvalue weighted by molar-refractivity contribution is 6.18. The fraction of sp³-hybridized carbons (Fsp3) is 0.111. The van der Waals surface area contributed by atoms with E-state index in [2.05, 4.69) is 65.7 Å². The van der Waals surface area contributed by atoms with Gasteiger partial charge in [-0.25, -0.2) is 9.41 Å². The van der Waals surface area contributed by atoms with Crippen LogP contribution in [0.4, 0.5) is 5.69 Å². The van der Waals surface area contributed by atoms with Crippen LogP contribution in [0.2, 0.25) is 0 Å². The average molecular weight is 389 g/mol. The Balaban J connectivity index is 1.93. The van der Waals surface area contributed by atoms with Crippen molar-refractivity contribution in [1.29, 1.82) is 0 Å². The number of aryl methyl sites for hydroxylation is 3. The van der Waals surface area contributed by atoms with E-state index in [1.165, 1.54) is 5.56 Å². The number of nitrogens with zero attached hydrogens (tertiary/aromatic N) is 2. The van der Waals surface area contributed by atoms with Crippen LogP contribution in [0.15, 0.2) is 77.3 Å². The van der Waals surface area contributed by atoms with E-state index in [9.17, 15) is 0 Å². The number of rotatable bonds is 2. The fourth-order valence-electron chi connectivity index (χ4n) is 4.19. The first-order valence-electron chi connectivity index (χ1n) is 9.97. The average Bonchev–Trinajstić information content (AvgIpc) is 3.14. The van der Waals surface area contributed by atoms with Crippen molar-refractivity contribution in [2.45, 2.75) is 13.8 Å². The molecular formula is C27H21N2O+. The molecular weight excluding hydrogens is 368 g/mol. The summed E-state index contributed by atoms with van der Waals surface area (Å²) in [6.07, 6.45) is 2.04. The molecule has 144 valence electrons. The van der Waals surface area contributed by atoms with E-state index in [-0.39, 0.29) is 0 Å². The molecule has 0 amide bonds. The van der Waals surface area contributed by atoms with Crippen LogP contribution in [0, 0.1) is 20.4 Å². The first-order chi connectivity index (χ1) is 14.6. The molecule has 2 aromatic heterocycles. The second-order valence-electron chi connectivity index (χ2n) is 7.75. The standard InChI is InChI=1S/C27H21N2O/c1-17-8-11-19(12-9-17)20-14-15-22(28-3)27-25(20)21-13-10-18(2)24(26(21)30-27)23-7-5-6-16-29(23)4/h5-16H,1-2,4H3/q+1. The summed E-state index contributed by atoms with van der Waals surface area (Å²) in [5, 5.41) is 2.04. The lowest BCUT2D eigenvalue weighted by Crippen LogP contribution is -2.30. The van der Waals surface area contributed by atoms with Crippen LogP contribution in [0.1, 0.15) is 11.1 Å². The fourth-order valence-corrected chi connectivity index (χ4v) is 4.19. The summed E-state index contributed by atoms with van der Waals surface area (Å²) in [6, 6.07) is 22.8. The Morgan fingerprint density at radius 3 is 2.40 bits per heavy atom. The van der Waals surface area contributed by atoms with Crippen LogP contribution in [-0.2, 0) is 7.05 Å². The summed E-state index contributed by atoms with van der Waals surface area (Å²) in [5.74, 6) is 0. The molecule has 0 atom stereocenters. The van der Waals surface area contributed by atoms with Crippen LogP contribution < -0.4 is 4.57 Å². The minimum absolute atomic E-state index is 0.540. The van der Waals surface area contributed by atoms with Gasteiger partial charge in [0.05, 0.1) is 12.1 Å². The van der Waals surface area contributed by atoms with E-state index in [1.54, 1.807) is 0 Å². The Morgan fingerprint density at radius 2 is 1.67 bits per heavy atom. The number of aromatic nitrogens is 1. The maximum Gasteiger partial charge on any atom is 0.229 e. The predicted octanol–water partition coefficient (Wildman–Crippen LogP) is 6.91. The number of hydrogen-bond donors (Lipinski definition) is 0. The number of fused-ring (bicyclic) bond motifs is 3. The largest absolute Gasteiger partial charge is 0.466 e. The van der Waals surface area contributed by atoms with Crippen LogP contribution in [0.25, 0.3) is 49.2 Å². The highest BCUT2D eigenvalue weighted by Gasteiger charge is 2.23. The molecule has 0 N–H and O–H groups in total. The first kappa shape index (κ1) is 18.1. The van der Waals surface area contributed by atoms with Gasteiger partial charge in [0.15, 0.2) is 6.20 Å². The first-order valence-corrected chi connectivity index (χ1v) is 9.97. The van der Waals surface area contributed by atoms with Gasteiger partial charge in [-0.1, -0.05) is 54.1 Å². The lowest BCUT2D eigenvalue weighted by atomic mass is 9.95. The Bertz CT molecular complexity index is 1470. The molecule has 0 aliphatic heterocycles. The maximum absolute atomic E-state index is 7.66. The highest BCUT2D eigenvalue weighted by atomic mass is 16.3. The van der Waals surface area contributed by atoms with Crippen molar-refractivity contribution in [1.82, 2.24) is 0 Å². The van der Waals surface area contributed by atoms with E-state index >= 15 is 0 Å². The van der Waals surface area contributed by atoms with Crippen molar-refractivity contribution in [2.75, 3.05) is 0 Å². The van der Waals surface area contributed by atoms with E-state index in [0.717, 1.165) is 44.3 Å². The molecule has 5 aromatic rings. The van der Waals surface area contributed by atoms with Gasteiger partial charge >= 0.3 is 0 Å². The third-order valence-electron chi connectivity index (χ3n) is 5.77. The molecule has 0 saturated heterocycles. The molecule has 30 heavy (non-hydrogen) atoms. The molecule has 3 heteroatoms. The zero-order chi connectivity index (χ0) is 20.8. The predicted molar refractivity (Wildman–Crippen MR) is 122 cm³/mol. The zero-order valence-electron chi connectivity index (χ0n) is 17.2. The summed E-state index contributed by atoms with van der Waals surface area (Å²) < 4.78 is 8.56. The van der Waals surface area contributed by atoms with E-state index < -0.39 is 0 Å². The molecule has 0 fully saturated rings. The number of hydrogen-bond acceptors (Lipinski definition) is 1. The number of benzene rings is 3. The molecule has 0 unspecified atom stereocenters. The van der Waals surface area contributed by atoms with Crippen molar-refractivity contribution >= 4 is 27.6 Å². The summed E-state index contributed by atoms with van der Waals surface area (Å²) in [7, 11) is 2.04. The zero-order valence-corrected chi connectivity index (χ0v) is 17.2. The van der Waals surface area contributed by atoms with Crippen molar-refractivity contribution in [2.24, 2.45) is 7.05 Å². The minimum Gasteiger partial charge on any atom is -0.466 e. The summed E-state index contributed by atoms with van der Waals surface area (Å²) >= 11 is 0. The lowest BCUT2D eigenvalue weighted by molar-refractivity contribution is -0.660. The smallest absolute Gasteiger partial charge is 0.229 e. The molecule has 2 heterocycles. The Labute approximate surface area is 175 Å². The van der Waals surface area contributed by atoms with Crippen LogP contribution in [0.3, 0.4) is 0 Å². The molecule has 0 spiro atoms. The van der Waals surface area contributed by atoms with Gasteiger partial charge in [0, 0.05) is 22.9 Å². The third-order valence-corrected chi connectivity index (χ3v) is 5.77.